The lowest BCUT2D eigenvalue weighted by Crippen LogP contribution is -2.56. The molecule has 1 amide bonds. The number of ether oxygens (including phenoxy) is 2. The molecule has 0 radical (unpaired) electrons. The van der Waals surface area contributed by atoms with Gasteiger partial charge in [0.25, 0.3) is 0 Å². The average Bonchev–Trinajstić information content (AvgIpc) is 2.81. The molecule has 2 aliphatic rings. The fourth-order valence-electron chi connectivity index (χ4n) is 5.46. The number of methoxy groups -OCH3 is 2. The minimum Gasteiger partial charge on any atom is -0.497 e. The normalized spacial score (nSPS) is 25.6. The minimum atomic E-state index is -0.729. The third-order valence-corrected chi connectivity index (χ3v) is 7.11. The summed E-state index contributed by atoms with van der Waals surface area (Å²) < 4.78 is 11.2. The van der Waals surface area contributed by atoms with Crippen molar-refractivity contribution in [3.05, 3.63) is 59.7 Å². The molecular formula is C26H33NO4. The Morgan fingerprint density at radius 2 is 1.90 bits per heavy atom. The number of fused-ring (bicyclic) bond motifs is 1. The fraction of sp³-hybridized carbons (Fsp3) is 0.500. The zero-order valence-electron chi connectivity index (χ0n) is 18.5. The van der Waals surface area contributed by atoms with E-state index in [4.69, 9.17) is 9.47 Å². The number of carbonyl (C=O) groups is 1. The molecule has 5 heteroatoms. The van der Waals surface area contributed by atoms with Gasteiger partial charge in [0.2, 0.25) is 5.91 Å². The third-order valence-electron chi connectivity index (χ3n) is 7.11. The molecule has 2 fully saturated rings. The van der Waals surface area contributed by atoms with Gasteiger partial charge in [-0.25, -0.2) is 0 Å². The highest BCUT2D eigenvalue weighted by Crippen LogP contribution is 2.51. The van der Waals surface area contributed by atoms with Gasteiger partial charge in [-0.2, -0.15) is 0 Å². The summed E-state index contributed by atoms with van der Waals surface area (Å²) in [5.74, 6) is 1.60. The van der Waals surface area contributed by atoms with E-state index < -0.39 is 5.60 Å². The van der Waals surface area contributed by atoms with Crippen molar-refractivity contribution >= 4 is 5.91 Å². The molecule has 0 unspecified atom stereocenters. The van der Waals surface area contributed by atoms with Gasteiger partial charge >= 0.3 is 0 Å². The largest absolute Gasteiger partial charge is 0.497 e. The molecule has 1 aliphatic carbocycles. The van der Waals surface area contributed by atoms with Crippen molar-refractivity contribution < 1.29 is 19.4 Å². The SMILES string of the molecule is COc1ccc(OC)c([C@H]2[C@@H]3CCCC[C@]3(O)CCN2C(=O)CCc2ccccc2)c1. The molecule has 1 aliphatic heterocycles. The van der Waals surface area contributed by atoms with Gasteiger partial charge in [-0.15, -0.1) is 0 Å². The molecule has 31 heavy (non-hydrogen) atoms. The number of aliphatic hydroxyl groups is 1. The number of piperidine rings is 1. The van der Waals surface area contributed by atoms with Crippen LogP contribution in [0.5, 0.6) is 11.5 Å². The molecule has 0 spiro atoms. The predicted molar refractivity (Wildman–Crippen MR) is 120 cm³/mol. The highest BCUT2D eigenvalue weighted by molar-refractivity contribution is 5.77. The summed E-state index contributed by atoms with van der Waals surface area (Å²) in [5, 5.41) is 11.5. The van der Waals surface area contributed by atoms with Crippen LogP contribution in [0.15, 0.2) is 48.5 Å². The molecule has 0 aromatic heterocycles. The van der Waals surface area contributed by atoms with Crippen molar-refractivity contribution in [2.24, 2.45) is 5.92 Å². The van der Waals surface area contributed by atoms with Crippen LogP contribution in [0.2, 0.25) is 0 Å². The molecule has 2 aromatic rings. The molecule has 1 heterocycles. The zero-order chi connectivity index (χ0) is 21.8. The number of rotatable bonds is 6. The maximum atomic E-state index is 13.5. The van der Waals surface area contributed by atoms with Crippen molar-refractivity contribution in [3.8, 4) is 11.5 Å². The van der Waals surface area contributed by atoms with Crippen LogP contribution in [0, 0.1) is 5.92 Å². The van der Waals surface area contributed by atoms with Gasteiger partial charge < -0.3 is 19.5 Å². The van der Waals surface area contributed by atoms with Gasteiger partial charge in [0, 0.05) is 24.4 Å². The third kappa shape index (κ3) is 4.42. The summed E-state index contributed by atoms with van der Waals surface area (Å²) in [6.07, 6.45) is 5.62. The van der Waals surface area contributed by atoms with Gasteiger partial charge in [0.15, 0.2) is 0 Å². The highest BCUT2D eigenvalue weighted by atomic mass is 16.5. The van der Waals surface area contributed by atoms with Crippen LogP contribution in [-0.4, -0.2) is 42.3 Å². The highest BCUT2D eigenvalue weighted by Gasteiger charge is 2.50. The van der Waals surface area contributed by atoms with Gasteiger partial charge in [0.05, 0.1) is 25.9 Å². The molecule has 1 saturated carbocycles. The lowest BCUT2D eigenvalue weighted by molar-refractivity contribution is -0.155. The zero-order valence-corrected chi connectivity index (χ0v) is 18.5. The van der Waals surface area contributed by atoms with Crippen LogP contribution in [0.1, 0.15) is 55.7 Å². The van der Waals surface area contributed by atoms with E-state index in [1.165, 1.54) is 0 Å². The number of hydrogen-bond donors (Lipinski definition) is 1. The van der Waals surface area contributed by atoms with E-state index in [-0.39, 0.29) is 17.9 Å². The van der Waals surface area contributed by atoms with Crippen LogP contribution in [-0.2, 0) is 11.2 Å². The van der Waals surface area contributed by atoms with Gasteiger partial charge in [0.1, 0.15) is 11.5 Å². The molecule has 0 bridgehead atoms. The summed E-state index contributed by atoms with van der Waals surface area (Å²) in [5.41, 5.74) is 1.37. The van der Waals surface area contributed by atoms with E-state index >= 15 is 0 Å². The summed E-state index contributed by atoms with van der Waals surface area (Å²) in [4.78, 5) is 15.5. The molecule has 5 nitrogen and oxygen atoms in total. The van der Waals surface area contributed by atoms with E-state index in [1.807, 2.05) is 41.3 Å². The Morgan fingerprint density at radius 1 is 1.10 bits per heavy atom. The maximum Gasteiger partial charge on any atom is 0.223 e. The number of hydrogen-bond acceptors (Lipinski definition) is 4. The monoisotopic (exact) mass is 423 g/mol. The summed E-state index contributed by atoms with van der Waals surface area (Å²) in [6, 6.07) is 15.7. The molecule has 1 N–H and O–H groups in total. The second-order valence-electron chi connectivity index (χ2n) is 8.83. The first-order chi connectivity index (χ1) is 15.1. The first-order valence-electron chi connectivity index (χ1n) is 11.3. The summed E-state index contributed by atoms with van der Waals surface area (Å²) in [7, 11) is 3.30. The van der Waals surface area contributed by atoms with E-state index in [9.17, 15) is 9.90 Å². The Hall–Kier alpha value is -2.53. The summed E-state index contributed by atoms with van der Waals surface area (Å²) >= 11 is 0. The second kappa shape index (κ2) is 9.31. The molecule has 2 aromatic carbocycles. The molecule has 1 saturated heterocycles. The topological polar surface area (TPSA) is 59.0 Å². The molecule has 166 valence electrons. The number of nitrogens with zero attached hydrogens (tertiary/aromatic N) is 1. The van der Waals surface area contributed by atoms with Crippen LogP contribution >= 0.6 is 0 Å². The first-order valence-corrected chi connectivity index (χ1v) is 11.3. The van der Waals surface area contributed by atoms with Crippen molar-refractivity contribution in [1.82, 2.24) is 4.90 Å². The number of aryl methyl sites for hydroxylation is 1. The van der Waals surface area contributed by atoms with Crippen LogP contribution in [0.4, 0.5) is 0 Å². The van der Waals surface area contributed by atoms with Gasteiger partial charge in [-0.1, -0.05) is 43.2 Å². The fourth-order valence-corrected chi connectivity index (χ4v) is 5.46. The van der Waals surface area contributed by atoms with E-state index in [1.54, 1.807) is 14.2 Å². The van der Waals surface area contributed by atoms with Gasteiger partial charge in [-0.3, -0.25) is 4.79 Å². The van der Waals surface area contributed by atoms with E-state index in [2.05, 4.69) is 12.1 Å². The van der Waals surface area contributed by atoms with Crippen molar-refractivity contribution in [1.29, 1.82) is 0 Å². The molecule has 3 atom stereocenters. The smallest absolute Gasteiger partial charge is 0.223 e. The van der Waals surface area contributed by atoms with Crippen LogP contribution < -0.4 is 9.47 Å². The van der Waals surface area contributed by atoms with Crippen molar-refractivity contribution in [2.75, 3.05) is 20.8 Å². The van der Waals surface area contributed by atoms with Gasteiger partial charge in [-0.05, 0) is 49.4 Å². The average molecular weight is 424 g/mol. The van der Waals surface area contributed by atoms with Crippen LogP contribution in [0.25, 0.3) is 0 Å². The van der Waals surface area contributed by atoms with E-state index in [0.717, 1.165) is 48.3 Å². The Morgan fingerprint density at radius 3 is 2.65 bits per heavy atom. The quantitative estimate of drug-likeness (QED) is 0.742. The van der Waals surface area contributed by atoms with Crippen molar-refractivity contribution in [2.45, 2.75) is 56.6 Å². The number of benzene rings is 2. The Balaban J connectivity index is 1.67. The minimum absolute atomic E-state index is 0.00307. The summed E-state index contributed by atoms with van der Waals surface area (Å²) in [6.45, 7) is 0.561. The lowest BCUT2D eigenvalue weighted by atomic mass is 9.66. The Bertz CT molecular complexity index is 900. The van der Waals surface area contributed by atoms with Crippen molar-refractivity contribution in [3.63, 3.8) is 0 Å². The van der Waals surface area contributed by atoms with Crippen LogP contribution in [0.3, 0.4) is 0 Å². The second-order valence-corrected chi connectivity index (χ2v) is 8.83. The maximum absolute atomic E-state index is 13.5. The number of likely N-dealkylation sites (tertiary alicyclic amines) is 1. The Kier molecular flexibility index (Phi) is 6.51. The Labute approximate surface area is 185 Å². The molecular weight excluding hydrogens is 390 g/mol. The number of carbonyl (C=O) groups excluding carboxylic acids is 1. The molecule has 4 rings (SSSR count). The van der Waals surface area contributed by atoms with E-state index in [0.29, 0.717) is 25.8 Å². The first kappa shape index (κ1) is 21.7. The lowest BCUT2D eigenvalue weighted by Gasteiger charge is -2.52. The number of amides is 1. The predicted octanol–water partition coefficient (Wildman–Crippen LogP) is 4.53. The standard InChI is InChI=1S/C26H33NO4/c1-30-20-12-13-23(31-2)21(18-20)25-22-10-6-7-15-26(22,29)16-17-27(25)24(28)14-11-19-8-4-3-5-9-19/h3-5,8-9,12-13,18,22,25,29H,6-7,10-11,14-17H2,1-2H3/t22-,25-,26-/m0/s1.